The molecule has 0 bridgehead atoms. The maximum absolute atomic E-state index is 5.84. The van der Waals surface area contributed by atoms with E-state index in [9.17, 15) is 0 Å². The normalized spacial score (nSPS) is 25.8. The van der Waals surface area contributed by atoms with Gasteiger partial charge in [0.1, 0.15) is 0 Å². The molecule has 0 amide bonds. The third-order valence-corrected chi connectivity index (χ3v) is 3.55. The summed E-state index contributed by atoms with van der Waals surface area (Å²) in [5.74, 6) is 1.36. The SMILES string of the molecule is COC(C)(C)CC1OCCC1CNCC(C)C. The predicted octanol–water partition coefficient (Wildman–Crippen LogP) is 2.45. The molecule has 0 radical (unpaired) electrons. The molecule has 3 heteroatoms. The van der Waals surface area contributed by atoms with Gasteiger partial charge >= 0.3 is 0 Å². The van der Waals surface area contributed by atoms with Crippen molar-refractivity contribution in [3.63, 3.8) is 0 Å². The number of ether oxygens (including phenoxy) is 2. The summed E-state index contributed by atoms with van der Waals surface area (Å²) < 4.78 is 11.3. The Hall–Kier alpha value is -0.120. The predicted molar refractivity (Wildman–Crippen MR) is 71.3 cm³/mol. The number of nitrogens with one attached hydrogen (secondary N) is 1. The molecule has 2 unspecified atom stereocenters. The van der Waals surface area contributed by atoms with E-state index in [-0.39, 0.29) is 5.60 Å². The third kappa shape index (κ3) is 5.36. The Bertz CT molecular complexity index is 216. The number of rotatable bonds is 7. The first-order chi connectivity index (χ1) is 7.94. The van der Waals surface area contributed by atoms with Crippen LogP contribution in [0.2, 0.25) is 0 Å². The van der Waals surface area contributed by atoms with E-state index in [0.717, 1.165) is 26.1 Å². The highest BCUT2D eigenvalue weighted by atomic mass is 16.5. The number of hydrogen-bond donors (Lipinski definition) is 1. The lowest BCUT2D eigenvalue weighted by Crippen LogP contribution is -2.36. The first kappa shape index (κ1) is 14.9. The largest absolute Gasteiger partial charge is 0.379 e. The third-order valence-electron chi connectivity index (χ3n) is 3.55. The molecule has 0 aliphatic carbocycles. The van der Waals surface area contributed by atoms with E-state index in [1.165, 1.54) is 6.42 Å². The molecule has 1 fully saturated rings. The van der Waals surface area contributed by atoms with E-state index in [2.05, 4.69) is 33.0 Å². The lowest BCUT2D eigenvalue weighted by molar-refractivity contribution is -0.0348. The fourth-order valence-electron chi connectivity index (χ4n) is 2.28. The molecule has 1 aliphatic rings. The van der Waals surface area contributed by atoms with Gasteiger partial charge < -0.3 is 14.8 Å². The summed E-state index contributed by atoms with van der Waals surface area (Å²) in [6.07, 6.45) is 2.51. The summed E-state index contributed by atoms with van der Waals surface area (Å²) >= 11 is 0. The van der Waals surface area contributed by atoms with E-state index in [4.69, 9.17) is 9.47 Å². The van der Waals surface area contributed by atoms with Crippen molar-refractivity contribution in [1.82, 2.24) is 5.32 Å². The van der Waals surface area contributed by atoms with Crippen LogP contribution in [0.15, 0.2) is 0 Å². The van der Waals surface area contributed by atoms with Gasteiger partial charge in [-0.05, 0) is 38.6 Å². The van der Waals surface area contributed by atoms with E-state index < -0.39 is 0 Å². The molecule has 1 heterocycles. The Labute approximate surface area is 106 Å². The van der Waals surface area contributed by atoms with Crippen LogP contribution in [0.5, 0.6) is 0 Å². The van der Waals surface area contributed by atoms with Crippen molar-refractivity contribution in [2.24, 2.45) is 11.8 Å². The van der Waals surface area contributed by atoms with E-state index in [0.29, 0.717) is 17.9 Å². The van der Waals surface area contributed by atoms with E-state index in [1.54, 1.807) is 7.11 Å². The fourth-order valence-corrected chi connectivity index (χ4v) is 2.28. The zero-order valence-electron chi connectivity index (χ0n) is 12.1. The van der Waals surface area contributed by atoms with Gasteiger partial charge in [-0.1, -0.05) is 13.8 Å². The van der Waals surface area contributed by atoms with Crippen LogP contribution in [0.4, 0.5) is 0 Å². The summed E-state index contributed by atoms with van der Waals surface area (Å²) in [4.78, 5) is 0. The summed E-state index contributed by atoms with van der Waals surface area (Å²) in [5, 5.41) is 3.54. The lowest BCUT2D eigenvalue weighted by atomic mass is 9.91. The number of methoxy groups -OCH3 is 1. The van der Waals surface area contributed by atoms with Crippen molar-refractivity contribution in [2.75, 3.05) is 26.8 Å². The molecule has 1 aliphatic heterocycles. The molecule has 0 aromatic carbocycles. The Morgan fingerprint density at radius 2 is 2.12 bits per heavy atom. The maximum Gasteiger partial charge on any atom is 0.0647 e. The van der Waals surface area contributed by atoms with Crippen LogP contribution >= 0.6 is 0 Å². The standard InChI is InChI=1S/C14H29NO2/c1-11(2)9-15-10-12-6-7-17-13(12)8-14(3,4)16-5/h11-13,15H,6-10H2,1-5H3. The minimum Gasteiger partial charge on any atom is -0.379 e. The second-order valence-electron chi connectivity index (χ2n) is 6.18. The zero-order chi connectivity index (χ0) is 12.9. The van der Waals surface area contributed by atoms with Gasteiger partial charge in [0.05, 0.1) is 11.7 Å². The van der Waals surface area contributed by atoms with E-state index >= 15 is 0 Å². The quantitative estimate of drug-likeness (QED) is 0.745. The van der Waals surface area contributed by atoms with Gasteiger partial charge in [0, 0.05) is 26.7 Å². The molecule has 2 atom stereocenters. The minimum atomic E-state index is -0.0781. The van der Waals surface area contributed by atoms with Gasteiger partial charge in [0.25, 0.3) is 0 Å². The topological polar surface area (TPSA) is 30.5 Å². The molecular formula is C14H29NO2. The van der Waals surface area contributed by atoms with Gasteiger partial charge in [-0.2, -0.15) is 0 Å². The Morgan fingerprint density at radius 3 is 2.71 bits per heavy atom. The zero-order valence-corrected chi connectivity index (χ0v) is 12.1. The van der Waals surface area contributed by atoms with Crippen LogP contribution < -0.4 is 5.32 Å². The summed E-state index contributed by atoms with van der Waals surface area (Å²) in [6, 6.07) is 0. The van der Waals surface area contributed by atoms with Crippen LogP contribution in [0, 0.1) is 11.8 Å². The van der Waals surface area contributed by atoms with Gasteiger partial charge in [0.2, 0.25) is 0 Å². The van der Waals surface area contributed by atoms with Crippen LogP contribution in [0.3, 0.4) is 0 Å². The lowest BCUT2D eigenvalue weighted by Gasteiger charge is -2.29. The van der Waals surface area contributed by atoms with Crippen LogP contribution in [0.25, 0.3) is 0 Å². The summed E-state index contributed by atoms with van der Waals surface area (Å²) in [6.45, 7) is 11.8. The molecule has 1 rings (SSSR count). The average molecular weight is 243 g/mol. The first-order valence-electron chi connectivity index (χ1n) is 6.82. The molecule has 3 nitrogen and oxygen atoms in total. The van der Waals surface area contributed by atoms with Gasteiger partial charge in [-0.25, -0.2) is 0 Å². The highest BCUT2D eigenvalue weighted by Gasteiger charge is 2.33. The highest BCUT2D eigenvalue weighted by Crippen LogP contribution is 2.28. The molecule has 0 spiro atoms. The van der Waals surface area contributed by atoms with Gasteiger partial charge in [-0.3, -0.25) is 0 Å². The minimum absolute atomic E-state index is 0.0781. The molecule has 17 heavy (non-hydrogen) atoms. The fraction of sp³-hybridized carbons (Fsp3) is 1.00. The van der Waals surface area contributed by atoms with Crippen molar-refractivity contribution in [3.8, 4) is 0 Å². The molecule has 1 N–H and O–H groups in total. The first-order valence-corrected chi connectivity index (χ1v) is 6.82. The number of hydrogen-bond acceptors (Lipinski definition) is 3. The molecule has 0 aromatic rings. The molecule has 102 valence electrons. The van der Waals surface area contributed by atoms with Gasteiger partial charge in [0.15, 0.2) is 0 Å². The molecule has 0 saturated carbocycles. The Balaban J connectivity index is 2.33. The average Bonchev–Trinajstić information content (AvgIpc) is 2.65. The van der Waals surface area contributed by atoms with Crippen molar-refractivity contribution in [2.45, 2.75) is 52.2 Å². The maximum atomic E-state index is 5.84. The van der Waals surface area contributed by atoms with E-state index in [1.807, 2.05) is 0 Å². The van der Waals surface area contributed by atoms with Crippen molar-refractivity contribution in [3.05, 3.63) is 0 Å². The van der Waals surface area contributed by atoms with Crippen molar-refractivity contribution in [1.29, 1.82) is 0 Å². The van der Waals surface area contributed by atoms with Crippen molar-refractivity contribution >= 4 is 0 Å². The van der Waals surface area contributed by atoms with Gasteiger partial charge in [-0.15, -0.1) is 0 Å². The smallest absolute Gasteiger partial charge is 0.0647 e. The monoisotopic (exact) mass is 243 g/mol. The molecule has 0 aromatic heterocycles. The summed E-state index contributed by atoms with van der Waals surface area (Å²) in [7, 11) is 1.78. The Kier molecular flexibility index (Phi) is 5.90. The summed E-state index contributed by atoms with van der Waals surface area (Å²) in [5.41, 5.74) is -0.0781. The second kappa shape index (κ2) is 6.72. The Morgan fingerprint density at radius 1 is 1.41 bits per heavy atom. The highest BCUT2D eigenvalue weighted by molar-refractivity contribution is 4.84. The molecular weight excluding hydrogens is 214 g/mol. The van der Waals surface area contributed by atoms with Crippen molar-refractivity contribution < 1.29 is 9.47 Å². The van der Waals surface area contributed by atoms with Crippen LogP contribution in [-0.2, 0) is 9.47 Å². The molecule has 1 saturated heterocycles. The van der Waals surface area contributed by atoms with Crippen LogP contribution in [-0.4, -0.2) is 38.5 Å². The van der Waals surface area contributed by atoms with Crippen LogP contribution in [0.1, 0.15) is 40.5 Å². The second-order valence-corrected chi connectivity index (χ2v) is 6.18.